The maximum atomic E-state index is 4.31. The second-order valence-corrected chi connectivity index (χ2v) is 12.4. The molecule has 0 N–H and O–H groups in total. The summed E-state index contributed by atoms with van der Waals surface area (Å²) in [5.41, 5.74) is 10.6. The standard InChI is InChI=1S/C47H32N2/c1-2-15-37(16-3-1)49(38-27-23-33(24-28-38)36-14-11-31-48-32-36)39-29-25-35(26-30-39)46-42-18-6-8-20-44(42)47(45-21-9-7-19-43(45)46)41-22-10-13-34-12-4-5-17-40(34)41/h1-32H. The fourth-order valence-corrected chi connectivity index (χ4v) is 7.31. The van der Waals surface area contributed by atoms with Gasteiger partial charge in [-0.3, -0.25) is 4.98 Å². The lowest BCUT2D eigenvalue weighted by atomic mass is 9.85. The van der Waals surface area contributed by atoms with E-state index in [-0.39, 0.29) is 0 Å². The summed E-state index contributed by atoms with van der Waals surface area (Å²) in [6, 6.07) is 65.5. The fraction of sp³-hybridized carbons (Fsp3) is 0. The summed E-state index contributed by atoms with van der Waals surface area (Å²) < 4.78 is 0. The highest BCUT2D eigenvalue weighted by Crippen LogP contribution is 2.46. The van der Waals surface area contributed by atoms with E-state index in [0.29, 0.717) is 0 Å². The van der Waals surface area contributed by atoms with Gasteiger partial charge in [-0.15, -0.1) is 0 Å². The van der Waals surface area contributed by atoms with Crippen molar-refractivity contribution in [2.24, 2.45) is 0 Å². The highest BCUT2D eigenvalue weighted by atomic mass is 15.1. The van der Waals surface area contributed by atoms with Gasteiger partial charge in [0.2, 0.25) is 0 Å². The molecular formula is C47H32N2. The lowest BCUT2D eigenvalue weighted by Crippen LogP contribution is -2.09. The van der Waals surface area contributed by atoms with Crippen LogP contribution in [0.1, 0.15) is 0 Å². The van der Waals surface area contributed by atoms with Crippen molar-refractivity contribution in [1.82, 2.24) is 4.98 Å². The van der Waals surface area contributed by atoms with Gasteiger partial charge in [-0.05, 0) is 108 Å². The molecule has 0 aliphatic rings. The molecule has 0 aliphatic carbocycles. The van der Waals surface area contributed by atoms with Crippen molar-refractivity contribution in [3.8, 4) is 33.4 Å². The molecule has 0 radical (unpaired) electrons. The van der Waals surface area contributed by atoms with Crippen LogP contribution in [0.2, 0.25) is 0 Å². The van der Waals surface area contributed by atoms with Crippen molar-refractivity contribution in [2.45, 2.75) is 0 Å². The van der Waals surface area contributed by atoms with Gasteiger partial charge in [-0.25, -0.2) is 0 Å². The zero-order chi connectivity index (χ0) is 32.6. The van der Waals surface area contributed by atoms with Crippen molar-refractivity contribution in [1.29, 1.82) is 0 Å². The van der Waals surface area contributed by atoms with Crippen LogP contribution < -0.4 is 4.90 Å². The lowest BCUT2D eigenvalue weighted by Gasteiger charge is -2.26. The summed E-state index contributed by atoms with van der Waals surface area (Å²) in [5, 5.41) is 7.55. The lowest BCUT2D eigenvalue weighted by molar-refractivity contribution is 1.28. The normalized spacial score (nSPS) is 11.3. The summed E-state index contributed by atoms with van der Waals surface area (Å²) in [6.45, 7) is 0. The van der Waals surface area contributed by atoms with Crippen molar-refractivity contribution in [3.05, 3.63) is 194 Å². The molecule has 0 amide bonds. The van der Waals surface area contributed by atoms with E-state index in [0.717, 1.165) is 28.2 Å². The Morgan fingerprint density at radius 2 is 0.837 bits per heavy atom. The SMILES string of the molecule is c1ccc(N(c2ccc(-c3cccnc3)cc2)c2ccc(-c3c4ccccc4c(-c4cccc5ccccc45)c4ccccc34)cc2)cc1. The summed E-state index contributed by atoms with van der Waals surface area (Å²) in [5.74, 6) is 0. The van der Waals surface area contributed by atoms with Gasteiger partial charge in [0.15, 0.2) is 0 Å². The molecule has 8 aromatic carbocycles. The van der Waals surface area contributed by atoms with Gasteiger partial charge in [0.05, 0.1) is 0 Å². The molecule has 1 heterocycles. The van der Waals surface area contributed by atoms with E-state index in [1.165, 1.54) is 54.6 Å². The zero-order valence-corrected chi connectivity index (χ0v) is 26.9. The molecule has 9 rings (SSSR count). The number of hydrogen-bond acceptors (Lipinski definition) is 2. The number of anilines is 3. The van der Waals surface area contributed by atoms with Gasteiger partial charge in [0.25, 0.3) is 0 Å². The Morgan fingerprint density at radius 1 is 0.327 bits per heavy atom. The minimum atomic E-state index is 1.10. The largest absolute Gasteiger partial charge is 0.311 e. The van der Waals surface area contributed by atoms with Crippen molar-refractivity contribution in [2.75, 3.05) is 4.90 Å². The van der Waals surface area contributed by atoms with Crippen LogP contribution in [0.15, 0.2) is 194 Å². The van der Waals surface area contributed by atoms with E-state index >= 15 is 0 Å². The molecule has 0 unspecified atom stereocenters. The Morgan fingerprint density at radius 3 is 1.45 bits per heavy atom. The summed E-state index contributed by atoms with van der Waals surface area (Å²) in [6.07, 6.45) is 3.72. The quantitative estimate of drug-likeness (QED) is 0.171. The third-order valence-electron chi connectivity index (χ3n) is 9.54. The van der Waals surface area contributed by atoms with Crippen molar-refractivity contribution >= 4 is 49.4 Å². The van der Waals surface area contributed by atoms with Crippen LogP contribution in [-0.2, 0) is 0 Å². The number of rotatable bonds is 6. The summed E-state index contributed by atoms with van der Waals surface area (Å²) in [4.78, 5) is 6.62. The van der Waals surface area contributed by atoms with Crippen LogP contribution in [0, 0.1) is 0 Å². The number of benzene rings is 8. The van der Waals surface area contributed by atoms with E-state index in [1.807, 2.05) is 18.5 Å². The summed E-state index contributed by atoms with van der Waals surface area (Å²) >= 11 is 0. The van der Waals surface area contributed by atoms with E-state index in [1.54, 1.807) is 0 Å². The number of nitrogens with zero attached hydrogens (tertiary/aromatic N) is 2. The number of para-hydroxylation sites is 1. The molecule has 0 saturated carbocycles. The summed E-state index contributed by atoms with van der Waals surface area (Å²) in [7, 11) is 0. The zero-order valence-electron chi connectivity index (χ0n) is 26.9. The first kappa shape index (κ1) is 28.7. The average molecular weight is 625 g/mol. The number of fused-ring (bicyclic) bond motifs is 3. The number of hydrogen-bond donors (Lipinski definition) is 0. The average Bonchev–Trinajstić information content (AvgIpc) is 3.18. The van der Waals surface area contributed by atoms with Crippen LogP contribution in [-0.4, -0.2) is 4.98 Å². The molecule has 0 atom stereocenters. The second-order valence-electron chi connectivity index (χ2n) is 12.4. The van der Waals surface area contributed by atoms with Gasteiger partial charge in [0, 0.05) is 29.5 Å². The molecule has 9 aromatic rings. The molecule has 2 heteroatoms. The van der Waals surface area contributed by atoms with E-state index < -0.39 is 0 Å². The molecule has 0 aliphatic heterocycles. The molecule has 49 heavy (non-hydrogen) atoms. The van der Waals surface area contributed by atoms with Crippen LogP contribution >= 0.6 is 0 Å². The molecule has 1 aromatic heterocycles. The monoisotopic (exact) mass is 624 g/mol. The highest BCUT2D eigenvalue weighted by molar-refractivity contribution is 6.23. The Bertz CT molecular complexity index is 2510. The van der Waals surface area contributed by atoms with Gasteiger partial charge in [-0.1, -0.05) is 140 Å². The molecule has 0 spiro atoms. The van der Waals surface area contributed by atoms with Crippen molar-refractivity contribution < 1.29 is 0 Å². The van der Waals surface area contributed by atoms with E-state index in [9.17, 15) is 0 Å². The first-order valence-corrected chi connectivity index (χ1v) is 16.7. The van der Waals surface area contributed by atoms with Gasteiger partial charge < -0.3 is 4.90 Å². The van der Waals surface area contributed by atoms with Gasteiger partial charge >= 0.3 is 0 Å². The third-order valence-corrected chi connectivity index (χ3v) is 9.54. The van der Waals surface area contributed by atoms with E-state index in [2.05, 4.69) is 186 Å². The maximum absolute atomic E-state index is 4.31. The second kappa shape index (κ2) is 12.3. The van der Waals surface area contributed by atoms with E-state index in [4.69, 9.17) is 0 Å². The Balaban J connectivity index is 1.19. The predicted molar refractivity (Wildman–Crippen MR) is 208 cm³/mol. The first-order chi connectivity index (χ1) is 24.3. The minimum absolute atomic E-state index is 1.10. The highest BCUT2D eigenvalue weighted by Gasteiger charge is 2.19. The molecule has 2 nitrogen and oxygen atoms in total. The van der Waals surface area contributed by atoms with Crippen LogP contribution in [0.4, 0.5) is 17.1 Å². The van der Waals surface area contributed by atoms with Gasteiger partial charge in [0.1, 0.15) is 0 Å². The number of aromatic nitrogens is 1. The topological polar surface area (TPSA) is 16.1 Å². The molecule has 0 saturated heterocycles. The third kappa shape index (κ3) is 5.11. The predicted octanol–water partition coefficient (Wildman–Crippen LogP) is 13.0. The first-order valence-electron chi connectivity index (χ1n) is 16.7. The minimum Gasteiger partial charge on any atom is -0.311 e. The van der Waals surface area contributed by atoms with Gasteiger partial charge in [-0.2, -0.15) is 0 Å². The Hall–Kier alpha value is -6.51. The smallest absolute Gasteiger partial charge is 0.0462 e. The molecule has 0 bridgehead atoms. The molecular weight excluding hydrogens is 593 g/mol. The maximum Gasteiger partial charge on any atom is 0.0462 e. The van der Waals surface area contributed by atoms with Crippen LogP contribution in [0.3, 0.4) is 0 Å². The molecule has 0 fully saturated rings. The fourth-order valence-electron chi connectivity index (χ4n) is 7.31. The molecule has 230 valence electrons. The van der Waals surface area contributed by atoms with Crippen molar-refractivity contribution in [3.63, 3.8) is 0 Å². The Kier molecular flexibility index (Phi) is 7.18. The Labute approximate surface area is 286 Å². The number of pyridine rings is 1. The van der Waals surface area contributed by atoms with Crippen LogP contribution in [0.5, 0.6) is 0 Å². The van der Waals surface area contributed by atoms with Crippen LogP contribution in [0.25, 0.3) is 65.7 Å².